The second-order valence-electron chi connectivity index (χ2n) is 7.61. The first-order valence-electron chi connectivity index (χ1n) is 9.98. The van der Waals surface area contributed by atoms with E-state index in [2.05, 4.69) is 35.4 Å². The number of carbonyl (C=O) groups excluding carboxylic acids is 1. The molecule has 0 atom stereocenters. The first-order valence-corrected chi connectivity index (χ1v) is 9.98. The van der Waals surface area contributed by atoms with Crippen LogP contribution in [0.3, 0.4) is 0 Å². The first kappa shape index (κ1) is 18.5. The topological polar surface area (TPSA) is 59.6 Å². The minimum absolute atomic E-state index is 0.0760. The Morgan fingerprint density at radius 1 is 1.07 bits per heavy atom. The maximum absolute atomic E-state index is 12.7. The lowest BCUT2D eigenvalue weighted by atomic mass is 9.81. The Bertz CT molecular complexity index is 1000. The number of rotatable bonds is 5. The summed E-state index contributed by atoms with van der Waals surface area (Å²) >= 11 is 0. The van der Waals surface area contributed by atoms with Gasteiger partial charge in [0, 0.05) is 25.7 Å². The van der Waals surface area contributed by atoms with Crippen LogP contribution in [0.1, 0.15) is 43.6 Å². The molecule has 0 N–H and O–H groups in total. The van der Waals surface area contributed by atoms with E-state index in [0.717, 1.165) is 25.7 Å². The molecule has 3 aromatic rings. The zero-order valence-electron chi connectivity index (χ0n) is 16.2. The van der Waals surface area contributed by atoms with E-state index in [4.69, 9.17) is 0 Å². The van der Waals surface area contributed by atoms with E-state index in [1.807, 2.05) is 18.0 Å². The van der Waals surface area contributed by atoms with Gasteiger partial charge >= 0.3 is 5.69 Å². The molecule has 0 aliphatic heterocycles. The summed E-state index contributed by atoms with van der Waals surface area (Å²) in [6.07, 6.45) is 6.25. The zero-order valence-corrected chi connectivity index (χ0v) is 16.2. The summed E-state index contributed by atoms with van der Waals surface area (Å²) < 4.78 is 2.88. The molecule has 1 fully saturated rings. The Hall–Kier alpha value is -2.89. The van der Waals surface area contributed by atoms with Gasteiger partial charge in [0.2, 0.25) is 5.91 Å². The molecular formula is C22H26N4O2. The largest absolute Gasteiger partial charge is 0.350 e. The molecule has 146 valence electrons. The van der Waals surface area contributed by atoms with Gasteiger partial charge in [-0.15, -0.1) is 5.10 Å². The highest BCUT2D eigenvalue weighted by Crippen LogP contribution is 2.34. The monoisotopic (exact) mass is 378 g/mol. The van der Waals surface area contributed by atoms with Crippen molar-refractivity contribution >= 4 is 11.6 Å². The fourth-order valence-electron chi connectivity index (χ4n) is 4.22. The number of aromatic nitrogens is 3. The van der Waals surface area contributed by atoms with Gasteiger partial charge in [-0.3, -0.25) is 9.20 Å². The van der Waals surface area contributed by atoms with Crippen molar-refractivity contribution in [1.29, 1.82) is 0 Å². The molecule has 1 saturated carbocycles. The van der Waals surface area contributed by atoms with Crippen molar-refractivity contribution in [1.82, 2.24) is 19.1 Å². The van der Waals surface area contributed by atoms with Crippen LogP contribution in [0.15, 0.2) is 59.5 Å². The highest BCUT2D eigenvalue weighted by molar-refractivity contribution is 5.76. The quantitative estimate of drug-likeness (QED) is 0.686. The molecule has 1 aliphatic carbocycles. The van der Waals surface area contributed by atoms with E-state index in [1.54, 1.807) is 18.3 Å². The average molecular weight is 378 g/mol. The normalized spacial score (nSPS) is 19.6. The molecule has 1 aliphatic rings. The molecule has 0 bridgehead atoms. The van der Waals surface area contributed by atoms with Crippen LogP contribution in [0.25, 0.3) is 5.65 Å². The van der Waals surface area contributed by atoms with Crippen LogP contribution in [-0.4, -0.2) is 38.1 Å². The predicted octanol–water partition coefficient (Wildman–Crippen LogP) is 3.07. The lowest BCUT2D eigenvalue weighted by molar-refractivity contribution is -0.132. The molecule has 2 heterocycles. The Kier molecular flexibility index (Phi) is 5.28. The minimum atomic E-state index is -0.200. The SMILES string of the molecule is CN(C(=O)CCn1nc2ccccn2c1=O)C1CCC(c2ccccc2)CC1. The standard InChI is InChI=1S/C22H26N4O2/c1-24(19-12-10-18(11-13-19)17-7-3-2-4-8-17)21(27)14-16-26-22(28)25-15-6-5-9-20(25)23-26/h2-9,15,18-19H,10-14,16H2,1H3. The van der Waals surface area contributed by atoms with Gasteiger partial charge in [0.1, 0.15) is 0 Å². The maximum atomic E-state index is 12.7. The van der Waals surface area contributed by atoms with Crippen LogP contribution in [0.2, 0.25) is 0 Å². The number of aryl methyl sites for hydroxylation is 1. The molecule has 2 aromatic heterocycles. The van der Waals surface area contributed by atoms with Crippen LogP contribution in [-0.2, 0) is 11.3 Å². The fraction of sp³-hybridized carbons (Fsp3) is 0.409. The van der Waals surface area contributed by atoms with E-state index < -0.39 is 0 Å². The van der Waals surface area contributed by atoms with E-state index >= 15 is 0 Å². The summed E-state index contributed by atoms with van der Waals surface area (Å²) in [7, 11) is 1.89. The number of hydrogen-bond acceptors (Lipinski definition) is 3. The number of nitrogens with zero attached hydrogens (tertiary/aromatic N) is 4. The summed E-state index contributed by atoms with van der Waals surface area (Å²) in [5.74, 6) is 0.671. The van der Waals surface area contributed by atoms with Crippen LogP contribution < -0.4 is 5.69 Å². The summed E-state index contributed by atoms with van der Waals surface area (Å²) in [5, 5.41) is 4.30. The molecule has 6 nitrogen and oxygen atoms in total. The number of carbonyl (C=O) groups is 1. The van der Waals surface area contributed by atoms with Crippen molar-refractivity contribution in [2.24, 2.45) is 0 Å². The third kappa shape index (κ3) is 3.72. The third-order valence-electron chi connectivity index (χ3n) is 5.93. The van der Waals surface area contributed by atoms with Gasteiger partial charge in [-0.2, -0.15) is 0 Å². The summed E-state index contributed by atoms with van der Waals surface area (Å²) in [5.41, 5.74) is 1.81. The molecule has 1 aromatic carbocycles. The zero-order chi connectivity index (χ0) is 19.5. The van der Waals surface area contributed by atoms with Crippen LogP contribution >= 0.6 is 0 Å². The van der Waals surface area contributed by atoms with E-state index in [1.165, 1.54) is 14.6 Å². The summed E-state index contributed by atoms with van der Waals surface area (Å²) in [4.78, 5) is 26.9. The number of fused-ring (bicyclic) bond motifs is 1. The number of hydrogen-bond donors (Lipinski definition) is 0. The second kappa shape index (κ2) is 8.00. The molecule has 28 heavy (non-hydrogen) atoms. The third-order valence-corrected chi connectivity index (χ3v) is 5.93. The molecule has 4 rings (SSSR count). The lowest BCUT2D eigenvalue weighted by Crippen LogP contribution is -2.40. The number of amides is 1. The number of pyridine rings is 1. The Labute approximate surface area is 164 Å². The summed E-state index contributed by atoms with van der Waals surface area (Å²) in [6.45, 7) is 0.309. The molecule has 0 spiro atoms. The highest BCUT2D eigenvalue weighted by atomic mass is 16.2. The van der Waals surface area contributed by atoms with E-state index in [9.17, 15) is 9.59 Å². The Morgan fingerprint density at radius 3 is 2.50 bits per heavy atom. The van der Waals surface area contributed by atoms with Gasteiger partial charge in [-0.25, -0.2) is 9.48 Å². The molecule has 0 saturated heterocycles. The van der Waals surface area contributed by atoms with E-state index in [-0.39, 0.29) is 17.6 Å². The Morgan fingerprint density at radius 2 is 1.79 bits per heavy atom. The van der Waals surface area contributed by atoms with Crippen molar-refractivity contribution in [2.75, 3.05) is 7.05 Å². The second-order valence-corrected chi connectivity index (χ2v) is 7.61. The van der Waals surface area contributed by atoms with Crippen molar-refractivity contribution in [3.63, 3.8) is 0 Å². The smallest absolute Gasteiger partial charge is 0.343 e. The minimum Gasteiger partial charge on any atom is -0.343 e. The predicted molar refractivity (Wildman–Crippen MR) is 108 cm³/mol. The van der Waals surface area contributed by atoms with Crippen molar-refractivity contribution in [3.8, 4) is 0 Å². The van der Waals surface area contributed by atoms with Crippen molar-refractivity contribution < 1.29 is 4.79 Å². The molecule has 1 amide bonds. The molecule has 0 unspecified atom stereocenters. The van der Waals surface area contributed by atoms with E-state index in [0.29, 0.717) is 24.5 Å². The highest BCUT2D eigenvalue weighted by Gasteiger charge is 2.27. The summed E-state index contributed by atoms with van der Waals surface area (Å²) in [6, 6.07) is 16.4. The maximum Gasteiger partial charge on any atom is 0.350 e. The number of benzene rings is 1. The van der Waals surface area contributed by atoms with Gasteiger partial charge in [0.25, 0.3) is 0 Å². The van der Waals surface area contributed by atoms with Gasteiger partial charge in [0.05, 0.1) is 6.54 Å². The van der Waals surface area contributed by atoms with Gasteiger partial charge in [-0.1, -0.05) is 36.4 Å². The lowest BCUT2D eigenvalue weighted by Gasteiger charge is -2.35. The molecule has 0 radical (unpaired) electrons. The van der Waals surface area contributed by atoms with Gasteiger partial charge in [-0.05, 0) is 49.3 Å². The van der Waals surface area contributed by atoms with Gasteiger partial charge in [0.15, 0.2) is 5.65 Å². The van der Waals surface area contributed by atoms with Gasteiger partial charge < -0.3 is 4.90 Å². The average Bonchev–Trinajstić information content (AvgIpc) is 3.08. The first-order chi connectivity index (χ1) is 13.6. The fourth-order valence-corrected chi connectivity index (χ4v) is 4.22. The van der Waals surface area contributed by atoms with Crippen LogP contribution in [0.5, 0.6) is 0 Å². The van der Waals surface area contributed by atoms with Crippen LogP contribution in [0, 0.1) is 0 Å². The van der Waals surface area contributed by atoms with Crippen molar-refractivity contribution in [3.05, 3.63) is 70.8 Å². The van der Waals surface area contributed by atoms with Crippen LogP contribution in [0.4, 0.5) is 0 Å². The molecular weight excluding hydrogens is 352 g/mol. The molecule has 6 heteroatoms. The van der Waals surface area contributed by atoms with Crippen molar-refractivity contribution in [2.45, 2.75) is 50.6 Å². The Balaban J connectivity index is 1.32.